The molecule has 0 aliphatic heterocycles. The molecule has 21 heavy (non-hydrogen) atoms. The standard InChI is InChI=1S/C19H19NO/c1-19(2,3)15-9-11-16(12-10-15)20-17-7-5-4-6-14(17)8-13-18(20)21/h4-13H,1-3H3. The first kappa shape index (κ1) is 13.6. The monoisotopic (exact) mass is 277 g/mol. The Morgan fingerprint density at radius 1 is 0.810 bits per heavy atom. The van der Waals surface area contributed by atoms with E-state index < -0.39 is 0 Å². The maximum absolute atomic E-state index is 12.3. The second kappa shape index (κ2) is 4.88. The lowest BCUT2D eigenvalue weighted by Crippen LogP contribution is -2.18. The molecule has 3 rings (SSSR count). The van der Waals surface area contributed by atoms with E-state index in [1.807, 2.05) is 42.5 Å². The first-order valence-electron chi connectivity index (χ1n) is 7.18. The normalized spacial score (nSPS) is 11.8. The van der Waals surface area contributed by atoms with Crippen LogP contribution in [0.15, 0.2) is 65.5 Å². The van der Waals surface area contributed by atoms with Crippen LogP contribution in [0.2, 0.25) is 0 Å². The van der Waals surface area contributed by atoms with Gasteiger partial charge in [-0.3, -0.25) is 9.36 Å². The molecule has 0 spiro atoms. The van der Waals surface area contributed by atoms with Crippen LogP contribution in [0.3, 0.4) is 0 Å². The van der Waals surface area contributed by atoms with Crippen LogP contribution < -0.4 is 5.56 Å². The van der Waals surface area contributed by atoms with Crippen LogP contribution in [0.1, 0.15) is 26.3 Å². The van der Waals surface area contributed by atoms with E-state index in [1.54, 1.807) is 10.6 Å². The zero-order valence-electron chi connectivity index (χ0n) is 12.6. The maximum Gasteiger partial charge on any atom is 0.255 e. The summed E-state index contributed by atoms with van der Waals surface area (Å²) in [7, 11) is 0. The second-order valence-corrected chi connectivity index (χ2v) is 6.36. The minimum Gasteiger partial charge on any atom is -0.277 e. The van der Waals surface area contributed by atoms with Crippen molar-refractivity contribution in [3.8, 4) is 5.69 Å². The fourth-order valence-corrected chi connectivity index (χ4v) is 2.56. The number of hydrogen-bond acceptors (Lipinski definition) is 1. The second-order valence-electron chi connectivity index (χ2n) is 6.36. The summed E-state index contributed by atoms with van der Waals surface area (Å²) in [4.78, 5) is 12.3. The van der Waals surface area contributed by atoms with E-state index in [-0.39, 0.29) is 11.0 Å². The lowest BCUT2D eigenvalue weighted by atomic mass is 9.87. The predicted molar refractivity (Wildman–Crippen MR) is 88.2 cm³/mol. The van der Waals surface area contributed by atoms with Crippen LogP contribution in [0.4, 0.5) is 0 Å². The molecule has 0 bridgehead atoms. The van der Waals surface area contributed by atoms with Crippen molar-refractivity contribution in [1.29, 1.82) is 0 Å². The molecule has 0 aliphatic rings. The van der Waals surface area contributed by atoms with Crippen molar-refractivity contribution in [1.82, 2.24) is 4.57 Å². The van der Waals surface area contributed by atoms with E-state index >= 15 is 0 Å². The summed E-state index contributed by atoms with van der Waals surface area (Å²) in [5.41, 5.74) is 3.22. The molecule has 0 saturated heterocycles. The van der Waals surface area contributed by atoms with Gasteiger partial charge in [0, 0.05) is 11.8 Å². The van der Waals surface area contributed by atoms with E-state index in [0.29, 0.717) is 0 Å². The number of aromatic nitrogens is 1. The van der Waals surface area contributed by atoms with Crippen molar-refractivity contribution in [3.05, 3.63) is 76.6 Å². The van der Waals surface area contributed by atoms with Gasteiger partial charge in [-0.2, -0.15) is 0 Å². The van der Waals surface area contributed by atoms with Crippen LogP contribution >= 0.6 is 0 Å². The molecule has 0 saturated carbocycles. The highest BCUT2D eigenvalue weighted by molar-refractivity contribution is 5.80. The summed E-state index contributed by atoms with van der Waals surface area (Å²) in [5.74, 6) is 0. The minimum absolute atomic E-state index is 0.00258. The van der Waals surface area contributed by atoms with Crippen LogP contribution in [-0.2, 0) is 5.41 Å². The van der Waals surface area contributed by atoms with Gasteiger partial charge in [0.25, 0.3) is 5.56 Å². The third kappa shape index (κ3) is 2.49. The van der Waals surface area contributed by atoms with Gasteiger partial charge in [-0.25, -0.2) is 0 Å². The van der Waals surface area contributed by atoms with Gasteiger partial charge in [0.05, 0.1) is 5.52 Å². The molecule has 0 radical (unpaired) electrons. The molecule has 0 aliphatic carbocycles. The van der Waals surface area contributed by atoms with Crippen molar-refractivity contribution in [3.63, 3.8) is 0 Å². The first-order chi connectivity index (χ1) is 9.97. The van der Waals surface area contributed by atoms with Gasteiger partial charge >= 0.3 is 0 Å². The quantitative estimate of drug-likeness (QED) is 0.650. The van der Waals surface area contributed by atoms with Crippen molar-refractivity contribution in [2.75, 3.05) is 0 Å². The van der Waals surface area contributed by atoms with Crippen LogP contribution in [0.25, 0.3) is 16.6 Å². The SMILES string of the molecule is CC(C)(C)c1ccc(-n2c(=O)ccc3ccccc32)cc1. The number of rotatable bonds is 1. The van der Waals surface area contributed by atoms with E-state index in [4.69, 9.17) is 0 Å². The summed E-state index contributed by atoms with van der Waals surface area (Å²) in [6.07, 6.45) is 0. The van der Waals surface area contributed by atoms with Gasteiger partial charge in [-0.15, -0.1) is 0 Å². The Bertz CT molecular complexity index is 836. The number of nitrogens with zero attached hydrogens (tertiary/aromatic N) is 1. The molecule has 2 nitrogen and oxygen atoms in total. The number of fused-ring (bicyclic) bond motifs is 1. The zero-order valence-corrected chi connectivity index (χ0v) is 12.6. The van der Waals surface area contributed by atoms with E-state index in [9.17, 15) is 4.79 Å². The van der Waals surface area contributed by atoms with Crippen molar-refractivity contribution >= 4 is 10.9 Å². The van der Waals surface area contributed by atoms with Gasteiger partial charge in [0.15, 0.2) is 0 Å². The van der Waals surface area contributed by atoms with Crippen LogP contribution in [0.5, 0.6) is 0 Å². The molecular formula is C19H19NO. The minimum atomic E-state index is -0.00258. The molecular weight excluding hydrogens is 258 g/mol. The number of para-hydroxylation sites is 1. The Balaban J connectivity index is 2.21. The zero-order chi connectivity index (χ0) is 15.0. The predicted octanol–water partition coefficient (Wildman–Crippen LogP) is 4.29. The van der Waals surface area contributed by atoms with Gasteiger partial charge in [-0.1, -0.05) is 51.1 Å². The smallest absolute Gasteiger partial charge is 0.255 e. The summed E-state index contributed by atoms with van der Waals surface area (Å²) in [6.45, 7) is 6.56. The Kier molecular flexibility index (Phi) is 3.17. The molecule has 0 atom stereocenters. The largest absolute Gasteiger partial charge is 0.277 e. The fourth-order valence-electron chi connectivity index (χ4n) is 2.56. The number of hydrogen-bond donors (Lipinski definition) is 0. The third-order valence-corrected chi connectivity index (χ3v) is 3.80. The summed E-state index contributed by atoms with van der Waals surface area (Å²) >= 11 is 0. The highest BCUT2D eigenvalue weighted by atomic mass is 16.1. The summed E-state index contributed by atoms with van der Waals surface area (Å²) < 4.78 is 1.77. The first-order valence-corrected chi connectivity index (χ1v) is 7.18. The molecule has 1 aromatic heterocycles. The topological polar surface area (TPSA) is 22.0 Å². The Hall–Kier alpha value is -2.35. The Morgan fingerprint density at radius 2 is 1.48 bits per heavy atom. The summed E-state index contributed by atoms with van der Waals surface area (Å²) in [6, 6.07) is 19.7. The van der Waals surface area contributed by atoms with Gasteiger partial charge in [0.1, 0.15) is 0 Å². The molecule has 0 unspecified atom stereocenters. The lowest BCUT2D eigenvalue weighted by Gasteiger charge is -2.19. The number of pyridine rings is 1. The molecule has 0 fully saturated rings. The fraction of sp³-hybridized carbons (Fsp3) is 0.211. The average Bonchev–Trinajstić information content (AvgIpc) is 2.46. The Labute approximate surface area is 124 Å². The average molecular weight is 277 g/mol. The highest BCUT2D eigenvalue weighted by Crippen LogP contribution is 2.24. The molecule has 2 heteroatoms. The van der Waals surface area contributed by atoms with Crippen molar-refractivity contribution in [2.24, 2.45) is 0 Å². The van der Waals surface area contributed by atoms with Crippen molar-refractivity contribution < 1.29 is 0 Å². The lowest BCUT2D eigenvalue weighted by molar-refractivity contribution is 0.590. The molecule has 106 valence electrons. The van der Waals surface area contributed by atoms with Crippen LogP contribution in [0, 0.1) is 0 Å². The molecule has 0 amide bonds. The van der Waals surface area contributed by atoms with E-state index in [1.165, 1.54) is 5.56 Å². The van der Waals surface area contributed by atoms with Crippen LogP contribution in [-0.4, -0.2) is 4.57 Å². The Morgan fingerprint density at radius 3 is 2.14 bits per heavy atom. The third-order valence-electron chi connectivity index (χ3n) is 3.80. The summed E-state index contributed by atoms with van der Waals surface area (Å²) in [5, 5.41) is 1.07. The maximum atomic E-state index is 12.3. The van der Waals surface area contributed by atoms with Gasteiger partial charge in [-0.05, 0) is 40.6 Å². The van der Waals surface area contributed by atoms with E-state index in [0.717, 1.165) is 16.6 Å². The molecule has 3 aromatic rings. The molecule has 0 N–H and O–H groups in total. The van der Waals surface area contributed by atoms with Crippen molar-refractivity contribution in [2.45, 2.75) is 26.2 Å². The van der Waals surface area contributed by atoms with Gasteiger partial charge in [0.2, 0.25) is 0 Å². The number of benzene rings is 2. The van der Waals surface area contributed by atoms with Gasteiger partial charge < -0.3 is 0 Å². The van der Waals surface area contributed by atoms with E-state index in [2.05, 4.69) is 32.9 Å². The highest BCUT2D eigenvalue weighted by Gasteiger charge is 2.13. The molecule has 2 aromatic carbocycles. The molecule has 1 heterocycles.